The first-order valence-electron chi connectivity index (χ1n) is 8.79. The van der Waals surface area contributed by atoms with Crippen molar-refractivity contribution in [3.63, 3.8) is 0 Å². The van der Waals surface area contributed by atoms with E-state index in [0.29, 0.717) is 34.4 Å². The molecule has 1 atom stereocenters. The smallest absolute Gasteiger partial charge is 0.267 e. The van der Waals surface area contributed by atoms with Crippen molar-refractivity contribution in [2.45, 2.75) is 26.4 Å². The molecule has 6 nitrogen and oxygen atoms in total. The summed E-state index contributed by atoms with van der Waals surface area (Å²) in [5, 5.41) is 3.21. The highest BCUT2D eigenvalue weighted by Gasteiger charge is 2.31. The number of hydrogen-bond donors (Lipinski definition) is 1. The lowest BCUT2D eigenvalue weighted by Crippen LogP contribution is -2.44. The number of para-hydroxylation sites is 1. The topological polar surface area (TPSA) is 67.9 Å². The molecule has 0 radical (unpaired) electrons. The second kappa shape index (κ2) is 8.31. The van der Waals surface area contributed by atoms with Gasteiger partial charge < -0.3 is 19.7 Å². The Hall–Kier alpha value is -2.73. The second-order valence-corrected chi connectivity index (χ2v) is 6.61. The Balaban J connectivity index is 1.68. The van der Waals surface area contributed by atoms with Crippen LogP contribution in [0.25, 0.3) is 0 Å². The lowest BCUT2D eigenvalue weighted by atomic mass is 10.1. The number of fused-ring (bicyclic) bond motifs is 1. The monoisotopic (exact) mass is 388 g/mol. The van der Waals surface area contributed by atoms with Crippen molar-refractivity contribution in [1.82, 2.24) is 0 Å². The van der Waals surface area contributed by atoms with Crippen molar-refractivity contribution < 1.29 is 19.1 Å². The van der Waals surface area contributed by atoms with Crippen LogP contribution in [0.5, 0.6) is 11.5 Å². The van der Waals surface area contributed by atoms with Gasteiger partial charge in [0.05, 0.1) is 10.7 Å². The molecule has 1 unspecified atom stereocenters. The minimum atomic E-state index is -0.557. The number of nitrogens with one attached hydrogen (secondary N) is 1. The van der Waals surface area contributed by atoms with E-state index in [1.807, 2.05) is 6.92 Å². The molecule has 2 amide bonds. The van der Waals surface area contributed by atoms with E-state index < -0.39 is 6.10 Å². The number of anilines is 2. The van der Waals surface area contributed by atoms with Crippen LogP contribution in [0.3, 0.4) is 0 Å². The quantitative estimate of drug-likeness (QED) is 0.815. The van der Waals surface area contributed by atoms with E-state index in [9.17, 15) is 9.59 Å². The Labute approximate surface area is 163 Å². The fourth-order valence-electron chi connectivity index (χ4n) is 2.84. The van der Waals surface area contributed by atoms with Crippen LogP contribution in [-0.2, 0) is 9.59 Å². The van der Waals surface area contributed by atoms with Crippen LogP contribution in [0, 0.1) is 0 Å². The summed E-state index contributed by atoms with van der Waals surface area (Å²) in [5.74, 6) is 0.639. The summed E-state index contributed by atoms with van der Waals surface area (Å²) in [7, 11) is 0. The zero-order valence-corrected chi connectivity index (χ0v) is 16.0. The van der Waals surface area contributed by atoms with Gasteiger partial charge in [-0.3, -0.25) is 9.59 Å². The molecular formula is C20H21ClN2O4. The molecule has 142 valence electrons. The number of nitrogens with zero attached hydrogens (tertiary/aromatic N) is 1. The summed E-state index contributed by atoms with van der Waals surface area (Å²) in [6.07, 6.45) is 0.286. The third kappa shape index (κ3) is 4.34. The minimum Gasteiger partial charge on any atom is -0.482 e. The van der Waals surface area contributed by atoms with Gasteiger partial charge in [-0.1, -0.05) is 30.7 Å². The molecule has 0 saturated carbocycles. The van der Waals surface area contributed by atoms with Crippen molar-refractivity contribution in [2.75, 3.05) is 23.4 Å². The first kappa shape index (κ1) is 19.0. The van der Waals surface area contributed by atoms with Crippen LogP contribution in [0.2, 0.25) is 5.02 Å². The summed E-state index contributed by atoms with van der Waals surface area (Å²) in [4.78, 5) is 26.2. The van der Waals surface area contributed by atoms with Crippen LogP contribution in [0.4, 0.5) is 11.4 Å². The van der Waals surface area contributed by atoms with Gasteiger partial charge in [0.1, 0.15) is 11.5 Å². The van der Waals surface area contributed by atoms with Gasteiger partial charge >= 0.3 is 0 Å². The molecule has 0 aliphatic carbocycles. The van der Waals surface area contributed by atoms with Gasteiger partial charge in [0.15, 0.2) is 12.7 Å². The van der Waals surface area contributed by atoms with Gasteiger partial charge in [0, 0.05) is 18.3 Å². The lowest BCUT2D eigenvalue weighted by molar-refractivity contribution is -0.125. The van der Waals surface area contributed by atoms with Crippen LogP contribution >= 0.6 is 11.6 Å². The Kier molecular flexibility index (Phi) is 5.86. The highest BCUT2D eigenvalue weighted by Crippen LogP contribution is 2.36. The summed E-state index contributed by atoms with van der Waals surface area (Å²) in [6.45, 7) is 4.19. The molecule has 0 aromatic heterocycles. The molecule has 7 heteroatoms. The van der Waals surface area contributed by atoms with Crippen molar-refractivity contribution in [3.05, 3.63) is 47.5 Å². The van der Waals surface area contributed by atoms with Crippen LogP contribution < -0.4 is 19.7 Å². The number of carbonyl (C=O) groups excluding carboxylic acids is 2. The van der Waals surface area contributed by atoms with E-state index in [1.54, 1.807) is 54.3 Å². The first-order valence-corrected chi connectivity index (χ1v) is 9.16. The van der Waals surface area contributed by atoms with Crippen molar-refractivity contribution in [1.29, 1.82) is 0 Å². The lowest BCUT2D eigenvalue weighted by Gasteiger charge is -2.33. The molecule has 3 rings (SSSR count). The molecule has 1 heterocycles. The van der Waals surface area contributed by atoms with Crippen molar-refractivity contribution >= 4 is 34.8 Å². The summed E-state index contributed by atoms with van der Waals surface area (Å²) in [6, 6.07) is 12.2. The van der Waals surface area contributed by atoms with Crippen molar-refractivity contribution in [3.8, 4) is 11.5 Å². The fourth-order valence-corrected chi connectivity index (χ4v) is 3.03. The number of rotatable bonds is 6. The standard InChI is InChI=1S/C20H21ClN2O4/c1-3-10-23-16-9-8-14(11-18(16)27-13(2)20(23)25)22-19(24)12-26-17-7-5-4-6-15(17)21/h4-9,11,13H,3,10,12H2,1-2H3,(H,22,24). The minimum absolute atomic E-state index is 0.0609. The number of halogens is 1. The largest absolute Gasteiger partial charge is 0.482 e. The predicted molar refractivity (Wildman–Crippen MR) is 105 cm³/mol. The molecule has 0 saturated heterocycles. The highest BCUT2D eigenvalue weighted by molar-refractivity contribution is 6.32. The maximum absolute atomic E-state index is 12.3. The Morgan fingerprint density at radius 3 is 2.81 bits per heavy atom. The van der Waals surface area contributed by atoms with Crippen LogP contribution in [0.1, 0.15) is 20.3 Å². The van der Waals surface area contributed by atoms with Gasteiger partial charge in [0.2, 0.25) is 0 Å². The molecule has 0 spiro atoms. The molecule has 1 aliphatic heterocycles. The van der Waals surface area contributed by atoms with E-state index in [0.717, 1.165) is 6.42 Å². The molecule has 1 aliphatic rings. The molecule has 0 fully saturated rings. The molecule has 0 bridgehead atoms. The number of ether oxygens (including phenoxy) is 2. The van der Waals surface area contributed by atoms with Crippen molar-refractivity contribution in [2.24, 2.45) is 0 Å². The molecule has 2 aromatic carbocycles. The first-order chi connectivity index (χ1) is 13.0. The molecule has 1 N–H and O–H groups in total. The number of benzene rings is 2. The highest BCUT2D eigenvalue weighted by atomic mass is 35.5. The van der Waals surface area contributed by atoms with Gasteiger partial charge in [-0.05, 0) is 37.6 Å². The SMILES string of the molecule is CCCN1C(=O)C(C)Oc2cc(NC(=O)COc3ccccc3Cl)ccc21. The molecular weight excluding hydrogens is 368 g/mol. The zero-order chi connectivity index (χ0) is 19.4. The summed E-state index contributed by atoms with van der Waals surface area (Å²) < 4.78 is 11.1. The normalized spacial score (nSPS) is 15.7. The molecule has 27 heavy (non-hydrogen) atoms. The van der Waals surface area contributed by atoms with Gasteiger partial charge in [-0.2, -0.15) is 0 Å². The zero-order valence-electron chi connectivity index (χ0n) is 15.2. The average molecular weight is 389 g/mol. The Morgan fingerprint density at radius 1 is 1.30 bits per heavy atom. The van der Waals surface area contributed by atoms with E-state index in [-0.39, 0.29) is 18.4 Å². The number of amides is 2. The number of hydrogen-bond acceptors (Lipinski definition) is 4. The van der Waals surface area contributed by atoms with Gasteiger partial charge in [0.25, 0.3) is 11.8 Å². The van der Waals surface area contributed by atoms with Crippen LogP contribution in [0.15, 0.2) is 42.5 Å². The van der Waals surface area contributed by atoms with E-state index >= 15 is 0 Å². The van der Waals surface area contributed by atoms with Gasteiger partial charge in [-0.25, -0.2) is 0 Å². The Bertz CT molecular complexity index is 856. The summed E-state index contributed by atoms with van der Waals surface area (Å²) in [5.41, 5.74) is 1.28. The third-order valence-electron chi connectivity index (χ3n) is 4.09. The van der Waals surface area contributed by atoms with Gasteiger partial charge in [-0.15, -0.1) is 0 Å². The van der Waals surface area contributed by atoms with E-state index in [4.69, 9.17) is 21.1 Å². The summed E-state index contributed by atoms with van der Waals surface area (Å²) >= 11 is 6.01. The third-order valence-corrected chi connectivity index (χ3v) is 4.41. The average Bonchev–Trinajstić information content (AvgIpc) is 2.65. The van der Waals surface area contributed by atoms with E-state index in [1.165, 1.54) is 0 Å². The van der Waals surface area contributed by atoms with Crippen LogP contribution in [-0.4, -0.2) is 31.1 Å². The maximum Gasteiger partial charge on any atom is 0.267 e. The molecule has 2 aromatic rings. The second-order valence-electron chi connectivity index (χ2n) is 6.20. The predicted octanol–water partition coefficient (Wildman–Crippen LogP) is 3.88. The van der Waals surface area contributed by atoms with E-state index in [2.05, 4.69) is 5.32 Å². The fraction of sp³-hybridized carbons (Fsp3) is 0.300. The number of carbonyl (C=O) groups is 2. The Morgan fingerprint density at radius 2 is 2.07 bits per heavy atom. The maximum atomic E-state index is 12.3.